The summed E-state index contributed by atoms with van der Waals surface area (Å²) in [6.07, 6.45) is 13.0. The van der Waals surface area contributed by atoms with Crippen molar-refractivity contribution in [1.29, 1.82) is 0 Å². The molecule has 0 heterocycles. The molecule has 0 atom stereocenters. The quantitative estimate of drug-likeness (QED) is 0.549. The molecule has 3 nitrogen and oxygen atoms in total. The average Bonchev–Trinajstić information content (AvgIpc) is 2.68. The molecule has 0 unspecified atom stereocenters. The molecule has 0 spiro atoms. The largest absolute Gasteiger partial charge is 0.504 e. The van der Waals surface area contributed by atoms with Gasteiger partial charge in [0.05, 0.1) is 6.61 Å². The highest BCUT2D eigenvalue weighted by Gasteiger charge is 1.96. The highest BCUT2D eigenvalue weighted by molar-refractivity contribution is 5.27. The van der Waals surface area contributed by atoms with Crippen LogP contribution in [0.25, 0.3) is 0 Å². The molecule has 1 aromatic carbocycles. The molecule has 0 saturated carbocycles. The molecule has 0 saturated heterocycles. The molecule has 0 aliphatic carbocycles. The zero-order chi connectivity index (χ0) is 16.0. The SMILES string of the molecule is CCCCCCCCCCCCOc1ccc(O)c(=O)cc1. The highest BCUT2D eigenvalue weighted by atomic mass is 16.5. The standard InChI is InChI=1S/C19H30O3/c1-2-3-4-5-6-7-8-9-10-11-16-22-17-12-14-18(20)19(21)15-13-17/h12-15H,2-11,16H2,1H3,(H,20,21). The summed E-state index contributed by atoms with van der Waals surface area (Å²) in [4.78, 5) is 11.2. The smallest absolute Gasteiger partial charge is 0.220 e. The lowest BCUT2D eigenvalue weighted by atomic mass is 10.1. The van der Waals surface area contributed by atoms with E-state index in [4.69, 9.17) is 4.74 Å². The van der Waals surface area contributed by atoms with Crippen LogP contribution in [-0.4, -0.2) is 11.7 Å². The molecule has 1 aromatic rings. The molecule has 0 aliphatic rings. The van der Waals surface area contributed by atoms with Gasteiger partial charge in [0.1, 0.15) is 5.75 Å². The van der Waals surface area contributed by atoms with Crippen LogP contribution in [0.15, 0.2) is 29.1 Å². The zero-order valence-corrected chi connectivity index (χ0v) is 13.9. The first-order valence-electron chi connectivity index (χ1n) is 8.70. The summed E-state index contributed by atoms with van der Waals surface area (Å²) in [7, 11) is 0. The van der Waals surface area contributed by atoms with Gasteiger partial charge in [-0.25, -0.2) is 0 Å². The summed E-state index contributed by atoms with van der Waals surface area (Å²) < 4.78 is 5.60. The van der Waals surface area contributed by atoms with E-state index in [9.17, 15) is 9.90 Å². The average molecular weight is 306 g/mol. The van der Waals surface area contributed by atoms with Gasteiger partial charge < -0.3 is 9.84 Å². The summed E-state index contributed by atoms with van der Waals surface area (Å²) >= 11 is 0. The van der Waals surface area contributed by atoms with Crippen LogP contribution in [0.5, 0.6) is 11.5 Å². The third-order valence-corrected chi connectivity index (χ3v) is 3.82. The van der Waals surface area contributed by atoms with E-state index in [0.717, 1.165) is 6.42 Å². The molecule has 1 rings (SSSR count). The fraction of sp³-hybridized carbons (Fsp3) is 0.632. The van der Waals surface area contributed by atoms with Crippen molar-refractivity contribution in [3.8, 4) is 11.5 Å². The Morgan fingerprint density at radius 3 is 2.00 bits per heavy atom. The van der Waals surface area contributed by atoms with Gasteiger partial charge in [-0.05, 0) is 30.7 Å². The Balaban J connectivity index is 2.00. The van der Waals surface area contributed by atoms with Crippen molar-refractivity contribution >= 4 is 0 Å². The van der Waals surface area contributed by atoms with E-state index in [1.54, 1.807) is 12.1 Å². The van der Waals surface area contributed by atoms with E-state index in [0.29, 0.717) is 12.4 Å². The maximum absolute atomic E-state index is 11.2. The topological polar surface area (TPSA) is 46.5 Å². The molecule has 0 aliphatic heterocycles. The number of aromatic hydroxyl groups is 1. The first-order chi connectivity index (χ1) is 10.7. The van der Waals surface area contributed by atoms with Crippen LogP contribution in [0.3, 0.4) is 0 Å². The molecule has 0 aromatic heterocycles. The lowest BCUT2D eigenvalue weighted by Crippen LogP contribution is -1.96. The maximum Gasteiger partial charge on any atom is 0.220 e. The van der Waals surface area contributed by atoms with E-state index in [-0.39, 0.29) is 11.2 Å². The van der Waals surface area contributed by atoms with Gasteiger partial charge in [-0.1, -0.05) is 64.7 Å². The van der Waals surface area contributed by atoms with Crippen LogP contribution >= 0.6 is 0 Å². The minimum Gasteiger partial charge on any atom is -0.504 e. The summed E-state index contributed by atoms with van der Waals surface area (Å²) in [6.45, 7) is 2.91. The minimum atomic E-state index is -0.381. The number of hydrogen-bond donors (Lipinski definition) is 1. The van der Waals surface area contributed by atoms with E-state index in [1.807, 2.05) is 0 Å². The lowest BCUT2D eigenvalue weighted by Gasteiger charge is -2.05. The summed E-state index contributed by atoms with van der Waals surface area (Å²) in [5.41, 5.74) is -0.381. The summed E-state index contributed by atoms with van der Waals surface area (Å²) in [6, 6.07) is 5.96. The molecule has 1 N–H and O–H groups in total. The van der Waals surface area contributed by atoms with Crippen molar-refractivity contribution in [3.63, 3.8) is 0 Å². The van der Waals surface area contributed by atoms with E-state index < -0.39 is 0 Å². The second-order valence-corrected chi connectivity index (χ2v) is 5.85. The molecule has 0 bridgehead atoms. The number of unbranched alkanes of at least 4 members (excludes halogenated alkanes) is 9. The normalized spacial score (nSPS) is 10.6. The molecule has 3 heteroatoms. The molecule has 0 radical (unpaired) electrons. The Morgan fingerprint density at radius 1 is 0.818 bits per heavy atom. The number of ether oxygens (including phenoxy) is 1. The van der Waals surface area contributed by atoms with Crippen LogP contribution in [0.2, 0.25) is 0 Å². The van der Waals surface area contributed by atoms with Crippen molar-refractivity contribution < 1.29 is 9.84 Å². The molecular weight excluding hydrogens is 276 g/mol. The predicted molar refractivity (Wildman–Crippen MR) is 91.7 cm³/mol. The summed E-state index contributed by atoms with van der Waals surface area (Å²) in [5, 5.41) is 9.30. The second kappa shape index (κ2) is 12.1. The Labute approximate surface area is 134 Å². The van der Waals surface area contributed by atoms with Crippen LogP contribution < -0.4 is 10.2 Å². The van der Waals surface area contributed by atoms with Crippen molar-refractivity contribution in [2.24, 2.45) is 0 Å². The van der Waals surface area contributed by atoms with Gasteiger partial charge in [-0.2, -0.15) is 0 Å². The second-order valence-electron chi connectivity index (χ2n) is 5.85. The molecule has 0 amide bonds. The van der Waals surface area contributed by atoms with Gasteiger partial charge in [0, 0.05) is 0 Å². The van der Waals surface area contributed by atoms with Gasteiger partial charge in [0.15, 0.2) is 5.75 Å². The highest BCUT2D eigenvalue weighted by Crippen LogP contribution is 2.12. The lowest BCUT2D eigenvalue weighted by molar-refractivity contribution is 0.304. The Hall–Kier alpha value is -1.51. The first kappa shape index (κ1) is 18.5. The van der Waals surface area contributed by atoms with Gasteiger partial charge >= 0.3 is 0 Å². The van der Waals surface area contributed by atoms with E-state index >= 15 is 0 Å². The van der Waals surface area contributed by atoms with Gasteiger partial charge in [0.25, 0.3) is 0 Å². The fourth-order valence-electron chi connectivity index (χ4n) is 2.42. The van der Waals surface area contributed by atoms with Gasteiger partial charge in [-0.15, -0.1) is 0 Å². The van der Waals surface area contributed by atoms with E-state index in [1.165, 1.54) is 69.9 Å². The van der Waals surface area contributed by atoms with Crippen molar-refractivity contribution in [3.05, 3.63) is 34.5 Å². The fourth-order valence-corrected chi connectivity index (χ4v) is 2.42. The van der Waals surface area contributed by atoms with Crippen LogP contribution in [0, 0.1) is 0 Å². The van der Waals surface area contributed by atoms with Crippen molar-refractivity contribution in [1.82, 2.24) is 0 Å². The third-order valence-electron chi connectivity index (χ3n) is 3.82. The Morgan fingerprint density at radius 2 is 1.36 bits per heavy atom. The van der Waals surface area contributed by atoms with Crippen molar-refractivity contribution in [2.75, 3.05) is 6.61 Å². The van der Waals surface area contributed by atoms with Crippen molar-refractivity contribution in [2.45, 2.75) is 71.1 Å². The molecule has 124 valence electrons. The minimum absolute atomic E-state index is 0.242. The monoisotopic (exact) mass is 306 g/mol. The number of hydrogen-bond acceptors (Lipinski definition) is 3. The summed E-state index contributed by atoms with van der Waals surface area (Å²) in [5.74, 6) is 0.391. The molecule has 22 heavy (non-hydrogen) atoms. The molecular formula is C19H30O3. The van der Waals surface area contributed by atoms with Crippen LogP contribution in [0.4, 0.5) is 0 Å². The first-order valence-corrected chi connectivity index (χ1v) is 8.70. The molecule has 0 fully saturated rings. The van der Waals surface area contributed by atoms with Gasteiger partial charge in [-0.3, -0.25) is 4.79 Å². The van der Waals surface area contributed by atoms with E-state index in [2.05, 4.69) is 6.92 Å². The zero-order valence-electron chi connectivity index (χ0n) is 13.9. The van der Waals surface area contributed by atoms with Crippen LogP contribution in [0.1, 0.15) is 71.1 Å². The third kappa shape index (κ3) is 8.71. The Kier molecular flexibility index (Phi) is 10.2. The Bertz CT molecular complexity index is 457. The number of rotatable bonds is 12. The van der Waals surface area contributed by atoms with Crippen LogP contribution in [-0.2, 0) is 0 Å². The predicted octanol–water partition coefficient (Wildman–Crippen LogP) is 5.05. The van der Waals surface area contributed by atoms with Gasteiger partial charge in [0.2, 0.25) is 5.43 Å². The maximum atomic E-state index is 11.2.